The second kappa shape index (κ2) is 30.7. The van der Waals surface area contributed by atoms with E-state index in [1.807, 2.05) is 121 Å². The molecule has 398 valence electrons. The summed E-state index contributed by atoms with van der Waals surface area (Å²) in [5, 5.41) is 28.3. The van der Waals surface area contributed by atoms with Gasteiger partial charge in [0.25, 0.3) is 6.47 Å². The van der Waals surface area contributed by atoms with Gasteiger partial charge in [-0.2, -0.15) is 0 Å². The normalized spacial score (nSPS) is 9.91. The van der Waals surface area contributed by atoms with Crippen molar-refractivity contribution in [1.82, 2.24) is 59.8 Å². The Morgan fingerprint density at radius 3 is 1.20 bits per heavy atom. The third kappa shape index (κ3) is 17.0. The van der Waals surface area contributed by atoms with Crippen molar-refractivity contribution in [2.75, 3.05) is 6.79 Å². The Labute approximate surface area is 481 Å². The fraction of sp³-hybridized carbons (Fsp3) is 0.0172. The number of fused-ring (bicyclic) bond motifs is 2. The van der Waals surface area contributed by atoms with E-state index < -0.39 is 18.7 Å². The second-order valence-corrected chi connectivity index (χ2v) is 15.6. The standard InChI is InChI=1S/C14H8N4.C12H10N2O4.C12H8N2O4.2C10H8N2.2Ru/c1-2-6-10-9(5-1)15-13(16-10)14-17-11-7-3-4-8-12(11)18-14;2*15-7-18-9-2-4-14-11(6-9)10-5-8(12(16)17)1-3-13-10;2*1-3-7-11-9(5-1)10-6-2-4-8-12-10;;/h1-8H;1-6,15H,7H2,(H,16,17);1-7H,(H,16,17);2*1-8H;;/q-2;;;;;2*+1/p-1. The van der Waals surface area contributed by atoms with Crippen LogP contribution in [-0.2, 0) is 43.8 Å². The maximum absolute atomic E-state index is 10.8. The number of rotatable bonds is 11. The molecule has 2 aromatic carbocycles. The molecule has 10 heterocycles. The van der Waals surface area contributed by atoms with Gasteiger partial charge in [0.15, 0.2) is 6.79 Å². The van der Waals surface area contributed by atoms with Crippen molar-refractivity contribution >= 4 is 40.5 Å². The molecule has 20 nitrogen and oxygen atoms in total. The summed E-state index contributed by atoms with van der Waals surface area (Å²) in [5.74, 6) is -0.402. The first kappa shape index (κ1) is 59.2. The van der Waals surface area contributed by atoms with Gasteiger partial charge in [-0.3, -0.25) is 44.7 Å². The number of nitrogens with zero attached hydrogens (tertiary/aromatic N) is 12. The van der Waals surface area contributed by atoms with E-state index in [1.54, 1.807) is 36.9 Å². The van der Waals surface area contributed by atoms with Crippen molar-refractivity contribution in [2.45, 2.75) is 0 Å². The van der Waals surface area contributed by atoms with E-state index in [4.69, 9.17) is 14.9 Å². The molecule has 0 unspecified atom stereocenters. The van der Waals surface area contributed by atoms with E-state index in [0.717, 1.165) is 44.8 Å². The minimum atomic E-state index is -1.28. The summed E-state index contributed by atoms with van der Waals surface area (Å²) in [4.78, 5) is 82.5. The first-order valence-corrected chi connectivity index (χ1v) is 23.3. The van der Waals surface area contributed by atoms with E-state index in [0.29, 0.717) is 52.4 Å². The fourth-order valence-corrected chi connectivity index (χ4v) is 6.87. The SMILES string of the molecule is O=C([O-])c1ccnc(-c2cc(OCO)ccn2)c1.O=COc1ccnc(-c2cc(C(=O)O)ccn2)c1.[Ru+].[Ru+].c1ccc(-c2ccccn2)nc1.c1ccc(-c2ccccn2)nc1.c1ccc2[n-]c(-c3nc4ccccc4[n-]3)nc2c1. The molecule has 2 radical (unpaired) electrons. The average molecular weight is 1240 g/mol. The third-order valence-corrected chi connectivity index (χ3v) is 10.5. The van der Waals surface area contributed by atoms with Gasteiger partial charge in [-0.1, -0.05) is 84.4 Å². The summed E-state index contributed by atoms with van der Waals surface area (Å²) in [6.07, 6.45) is 12.7. The Morgan fingerprint density at radius 1 is 0.450 bits per heavy atom. The largest absolute Gasteiger partial charge is 1.00 e. The molecular formula is C58H41N12O8Ru2-. The molecule has 0 aliphatic heterocycles. The van der Waals surface area contributed by atoms with Crippen LogP contribution < -0.4 is 24.5 Å². The van der Waals surface area contributed by atoms with Crippen LogP contribution in [-0.4, -0.2) is 85.3 Å². The predicted octanol–water partition coefficient (Wildman–Crippen LogP) is 7.86. The van der Waals surface area contributed by atoms with Crippen LogP contribution in [0.3, 0.4) is 0 Å². The Hall–Kier alpha value is -10.0. The number of aliphatic hydroxyl groups is 1. The van der Waals surface area contributed by atoms with Gasteiger partial charge in [0.1, 0.15) is 11.5 Å². The number of hydrogen-bond acceptors (Lipinski definition) is 17. The summed E-state index contributed by atoms with van der Waals surface area (Å²) < 4.78 is 9.59. The van der Waals surface area contributed by atoms with Gasteiger partial charge < -0.3 is 49.5 Å². The molecule has 0 bridgehead atoms. The topological polar surface area (TPSA) is 290 Å². The van der Waals surface area contributed by atoms with Crippen molar-refractivity contribution in [3.8, 4) is 68.7 Å². The van der Waals surface area contributed by atoms with Crippen LogP contribution in [0.2, 0.25) is 0 Å². The zero-order valence-electron chi connectivity index (χ0n) is 41.5. The van der Waals surface area contributed by atoms with Gasteiger partial charge >= 0.3 is 44.9 Å². The quantitative estimate of drug-likeness (QED) is 0.0707. The number of imidazole rings is 2. The van der Waals surface area contributed by atoms with Gasteiger partial charge in [-0.25, -0.2) is 4.79 Å². The van der Waals surface area contributed by atoms with Crippen LogP contribution in [0.4, 0.5) is 0 Å². The van der Waals surface area contributed by atoms with Crippen LogP contribution in [0.1, 0.15) is 20.7 Å². The van der Waals surface area contributed by atoms with E-state index >= 15 is 0 Å². The Balaban J connectivity index is 0.000000162. The Morgan fingerprint density at radius 2 is 0.812 bits per heavy atom. The summed E-state index contributed by atoms with van der Waals surface area (Å²) in [6, 6.07) is 50.4. The van der Waals surface area contributed by atoms with Gasteiger partial charge in [0.05, 0.1) is 57.1 Å². The summed E-state index contributed by atoms with van der Waals surface area (Å²) >= 11 is 0. The van der Waals surface area contributed by atoms with Crippen LogP contribution in [0.15, 0.2) is 219 Å². The minimum Gasteiger partial charge on any atom is -0.545 e. The van der Waals surface area contributed by atoms with E-state index in [1.165, 1.54) is 61.2 Å². The second-order valence-electron chi connectivity index (χ2n) is 15.6. The number of pyridine rings is 8. The molecule has 0 saturated heterocycles. The molecule has 0 aliphatic carbocycles. The zero-order valence-corrected chi connectivity index (χ0v) is 45.0. The minimum absolute atomic E-state index is 0. The molecule has 0 spiro atoms. The summed E-state index contributed by atoms with van der Waals surface area (Å²) in [6.45, 7) is -0.143. The maximum Gasteiger partial charge on any atom is 1.00 e. The number of ether oxygens (including phenoxy) is 2. The molecule has 2 N–H and O–H groups in total. The number of hydrogen-bond donors (Lipinski definition) is 2. The molecule has 0 fully saturated rings. The van der Waals surface area contributed by atoms with Crippen molar-refractivity contribution in [3.05, 3.63) is 231 Å². The molecule has 12 rings (SSSR count). The number of aliphatic hydroxyl groups excluding tert-OH is 1. The number of carbonyl (C=O) groups is 3. The molecule has 10 aromatic heterocycles. The first-order valence-electron chi connectivity index (χ1n) is 23.3. The molecule has 0 saturated carbocycles. The van der Waals surface area contributed by atoms with Gasteiger partial charge in [0.2, 0.25) is 0 Å². The van der Waals surface area contributed by atoms with Crippen molar-refractivity contribution in [2.24, 2.45) is 0 Å². The van der Waals surface area contributed by atoms with Crippen molar-refractivity contribution < 1.29 is 78.1 Å². The van der Waals surface area contributed by atoms with Crippen LogP contribution in [0.25, 0.3) is 79.3 Å². The Bertz CT molecular complexity index is 3580. The number of aromatic nitrogens is 12. The fourth-order valence-electron chi connectivity index (χ4n) is 6.87. The number of carboxylic acid groups (broad SMARTS) is 2. The third-order valence-electron chi connectivity index (χ3n) is 10.5. The van der Waals surface area contributed by atoms with Gasteiger partial charge in [-0.15, -0.1) is 0 Å². The molecule has 22 heteroatoms. The van der Waals surface area contributed by atoms with Crippen molar-refractivity contribution in [3.63, 3.8) is 0 Å². The zero-order chi connectivity index (χ0) is 54.3. The number of benzene rings is 2. The molecular weight excluding hydrogens is 1190 g/mol. The van der Waals surface area contributed by atoms with Gasteiger partial charge in [0, 0.05) is 67.3 Å². The smallest absolute Gasteiger partial charge is 0.545 e. The molecule has 12 aromatic rings. The van der Waals surface area contributed by atoms with Crippen LogP contribution >= 0.6 is 0 Å². The Kier molecular flexibility index (Phi) is 22.7. The maximum atomic E-state index is 10.8. The number of carbonyl (C=O) groups excluding carboxylic acids is 2. The average Bonchev–Trinajstić information content (AvgIpc) is 4.15. The monoisotopic (exact) mass is 1240 g/mol. The molecule has 0 aliphatic rings. The van der Waals surface area contributed by atoms with Gasteiger partial charge in [-0.05, 0) is 107 Å². The number of para-hydroxylation sites is 4. The number of aromatic carboxylic acids is 2. The van der Waals surface area contributed by atoms with Crippen LogP contribution in [0, 0.1) is 0 Å². The molecule has 0 atom stereocenters. The van der Waals surface area contributed by atoms with E-state index in [-0.39, 0.29) is 50.1 Å². The van der Waals surface area contributed by atoms with Crippen molar-refractivity contribution in [1.29, 1.82) is 0 Å². The molecule has 80 heavy (non-hydrogen) atoms. The van der Waals surface area contributed by atoms with E-state index in [2.05, 4.69) is 64.5 Å². The number of carboxylic acids is 2. The first-order chi connectivity index (χ1) is 38.2. The summed E-state index contributed by atoms with van der Waals surface area (Å²) in [7, 11) is 0. The van der Waals surface area contributed by atoms with Crippen LogP contribution in [0.5, 0.6) is 11.5 Å². The molecule has 0 amide bonds. The van der Waals surface area contributed by atoms with E-state index in [9.17, 15) is 19.5 Å². The predicted molar refractivity (Wildman–Crippen MR) is 285 cm³/mol. The summed E-state index contributed by atoms with van der Waals surface area (Å²) in [5.41, 5.74) is 8.96.